The van der Waals surface area contributed by atoms with E-state index in [-0.39, 0.29) is 0 Å². The predicted octanol–water partition coefficient (Wildman–Crippen LogP) is 3.51. The fraction of sp³-hybridized carbons (Fsp3) is 0.727. The highest BCUT2D eigenvalue weighted by molar-refractivity contribution is 7.15. The van der Waals surface area contributed by atoms with E-state index in [1.807, 2.05) is 0 Å². The third-order valence-corrected chi connectivity index (χ3v) is 4.01. The Labute approximate surface area is 89.5 Å². The van der Waals surface area contributed by atoms with Gasteiger partial charge >= 0.3 is 0 Å². The van der Waals surface area contributed by atoms with Gasteiger partial charge in [0.2, 0.25) is 0 Å². The van der Waals surface area contributed by atoms with E-state index in [9.17, 15) is 0 Å². The van der Waals surface area contributed by atoms with Crippen molar-refractivity contribution in [3.05, 3.63) is 10.7 Å². The lowest BCUT2D eigenvalue weighted by atomic mass is 10.1. The molecule has 0 unspecified atom stereocenters. The number of hydrogen-bond donors (Lipinski definition) is 1. The lowest BCUT2D eigenvalue weighted by Gasteiger charge is -2.03. The molecular weight excluding hydrogens is 192 g/mol. The normalized spacial score (nSPS) is 18.2. The van der Waals surface area contributed by atoms with Gasteiger partial charge in [-0.05, 0) is 18.8 Å². The Morgan fingerprint density at radius 2 is 2.00 bits per heavy atom. The molecule has 1 heterocycles. The van der Waals surface area contributed by atoms with Gasteiger partial charge in [0, 0.05) is 5.92 Å². The van der Waals surface area contributed by atoms with Crippen molar-refractivity contribution < 1.29 is 0 Å². The number of thiazole rings is 1. The van der Waals surface area contributed by atoms with Crippen molar-refractivity contribution in [3.63, 3.8) is 0 Å². The molecule has 1 aliphatic carbocycles. The highest BCUT2D eigenvalue weighted by atomic mass is 32.1. The summed E-state index contributed by atoms with van der Waals surface area (Å²) in [6, 6.07) is 0. The van der Waals surface area contributed by atoms with Crippen LogP contribution in [0, 0.1) is 0 Å². The molecule has 0 saturated heterocycles. The largest absolute Gasteiger partial charge is 0.389 e. The van der Waals surface area contributed by atoms with Crippen molar-refractivity contribution in [2.45, 2.75) is 51.4 Å². The van der Waals surface area contributed by atoms with Gasteiger partial charge in [-0.3, -0.25) is 0 Å². The highest BCUT2D eigenvalue weighted by Crippen LogP contribution is 2.39. The number of hydrogen-bond acceptors (Lipinski definition) is 3. The summed E-state index contributed by atoms with van der Waals surface area (Å²) in [6.07, 6.45) is 5.34. The first-order valence-electron chi connectivity index (χ1n) is 5.44. The van der Waals surface area contributed by atoms with Crippen LogP contribution in [0.25, 0.3) is 0 Å². The van der Waals surface area contributed by atoms with E-state index in [2.05, 4.69) is 18.8 Å². The summed E-state index contributed by atoms with van der Waals surface area (Å²) < 4.78 is 0. The van der Waals surface area contributed by atoms with Crippen LogP contribution in [0.15, 0.2) is 0 Å². The van der Waals surface area contributed by atoms with Gasteiger partial charge in [-0.1, -0.05) is 26.7 Å². The van der Waals surface area contributed by atoms with Crippen LogP contribution in [0.2, 0.25) is 0 Å². The third kappa shape index (κ3) is 1.78. The number of anilines is 1. The summed E-state index contributed by atoms with van der Waals surface area (Å²) in [5, 5.41) is 2.21. The van der Waals surface area contributed by atoms with E-state index in [4.69, 9.17) is 5.73 Å². The Morgan fingerprint density at radius 1 is 1.36 bits per heavy atom. The zero-order valence-electron chi connectivity index (χ0n) is 8.92. The number of rotatable bonds is 2. The maximum Gasteiger partial charge on any atom is 0.110 e. The molecule has 2 nitrogen and oxygen atoms in total. The van der Waals surface area contributed by atoms with Gasteiger partial charge in [-0.15, -0.1) is 11.3 Å². The van der Waals surface area contributed by atoms with Crippen LogP contribution >= 0.6 is 11.3 Å². The van der Waals surface area contributed by atoms with E-state index in [0.29, 0.717) is 11.8 Å². The molecule has 1 aromatic heterocycles. The smallest absolute Gasteiger partial charge is 0.110 e. The second-order valence-electron chi connectivity index (χ2n) is 4.44. The van der Waals surface area contributed by atoms with E-state index in [1.165, 1.54) is 30.7 Å². The van der Waals surface area contributed by atoms with Crippen LogP contribution in [0.3, 0.4) is 0 Å². The zero-order valence-corrected chi connectivity index (χ0v) is 9.73. The van der Waals surface area contributed by atoms with Crippen molar-refractivity contribution in [2.75, 3.05) is 5.73 Å². The van der Waals surface area contributed by atoms with E-state index in [1.54, 1.807) is 11.3 Å². The minimum absolute atomic E-state index is 0.460. The number of aromatic nitrogens is 1. The second-order valence-corrected chi connectivity index (χ2v) is 5.50. The Hall–Kier alpha value is -0.570. The van der Waals surface area contributed by atoms with Gasteiger partial charge in [-0.25, -0.2) is 4.98 Å². The highest BCUT2D eigenvalue weighted by Gasteiger charge is 2.22. The van der Waals surface area contributed by atoms with E-state index in [0.717, 1.165) is 10.7 Å². The van der Waals surface area contributed by atoms with E-state index < -0.39 is 0 Å². The molecule has 1 saturated carbocycles. The SMILES string of the molecule is CC(C)c1nc(C2CCCC2)sc1N. The minimum atomic E-state index is 0.460. The standard InChI is InChI=1S/C11H18N2S/c1-7(2)9-10(12)14-11(13-9)8-5-3-4-6-8/h7-8H,3-6,12H2,1-2H3. The predicted molar refractivity (Wildman–Crippen MR) is 61.8 cm³/mol. The molecular formula is C11H18N2S. The second kappa shape index (κ2) is 3.89. The first-order chi connectivity index (χ1) is 6.68. The molecule has 1 aliphatic rings. The lowest BCUT2D eigenvalue weighted by molar-refractivity contribution is 0.705. The van der Waals surface area contributed by atoms with Crippen molar-refractivity contribution >= 4 is 16.3 Å². The van der Waals surface area contributed by atoms with Gasteiger partial charge < -0.3 is 5.73 Å². The molecule has 0 amide bonds. The molecule has 0 radical (unpaired) electrons. The minimum Gasteiger partial charge on any atom is -0.389 e. The number of nitrogen functional groups attached to an aromatic ring is 1. The average Bonchev–Trinajstić information content (AvgIpc) is 2.70. The third-order valence-electron chi connectivity index (χ3n) is 2.95. The zero-order chi connectivity index (χ0) is 10.1. The maximum atomic E-state index is 5.97. The topological polar surface area (TPSA) is 38.9 Å². The maximum absolute atomic E-state index is 5.97. The molecule has 78 valence electrons. The van der Waals surface area contributed by atoms with Crippen molar-refractivity contribution in [1.29, 1.82) is 0 Å². The fourth-order valence-electron chi connectivity index (χ4n) is 2.12. The summed E-state index contributed by atoms with van der Waals surface area (Å²) in [6.45, 7) is 4.31. The van der Waals surface area contributed by atoms with Crippen LogP contribution in [-0.4, -0.2) is 4.98 Å². The monoisotopic (exact) mass is 210 g/mol. The Kier molecular flexibility index (Phi) is 2.77. The Balaban J connectivity index is 2.22. The van der Waals surface area contributed by atoms with Gasteiger partial charge in [0.1, 0.15) is 5.00 Å². The van der Waals surface area contributed by atoms with Crippen LogP contribution in [0.4, 0.5) is 5.00 Å². The Morgan fingerprint density at radius 3 is 2.50 bits per heavy atom. The molecule has 2 rings (SSSR count). The van der Waals surface area contributed by atoms with E-state index >= 15 is 0 Å². The quantitative estimate of drug-likeness (QED) is 0.811. The van der Waals surface area contributed by atoms with Crippen LogP contribution in [0.1, 0.15) is 62.1 Å². The van der Waals surface area contributed by atoms with Crippen molar-refractivity contribution in [2.24, 2.45) is 0 Å². The first-order valence-corrected chi connectivity index (χ1v) is 6.26. The Bertz CT molecular complexity index is 311. The molecule has 14 heavy (non-hydrogen) atoms. The number of nitrogens with two attached hydrogens (primary N) is 1. The average molecular weight is 210 g/mol. The molecule has 1 fully saturated rings. The lowest BCUT2D eigenvalue weighted by Crippen LogP contribution is -1.95. The molecule has 0 spiro atoms. The van der Waals surface area contributed by atoms with Crippen molar-refractivity contribution in [3.8, 4) is 0 Å². The molecule has 0 aliphatic heterocycles. The van der Waals surface area contributed by atoms with Gasteiger partial charge in [0.15, 0.2) is 0 Å². The summed E-state index contributed by atoms with van der Waals surface area (Å²) >= 11 is 1.71. The number of nitrogens with zero attached hydrogens (tertiary/aromatic N) is 1. The summed E-state index contributed by atoms with van der Waals surface area (Å²) in [7, 11) is 0. The summed E-state index contributed by atoms with van der Waals surface area (Å²) in [5.74, 6) is 1.16. The molecule has 0 atom stereocenters. The molecule has 0 bridgehead atoms. The van der Waals surface area contributed by atoms with Gasteiger partial charge in [0.05, 0.1) is 10.7 Å². The molecule has 1 aromatic rings. The first kappa shape index (κ1) is 9.97. The molecule has 3 heteroatoms. The molecule has 0 aromatic carbocycles. The summed E-state index contributed by atoms with van der Waals surface area (Å²) in [4.78, 5) is 4.68. The van der Waals surface area contributed by atoms with Gasteiger partial charge in [0.25, 0.3) is 0 Å². The van der Waals surface area contributed by atoms with Crippen LogP contribution < -0.4 is 5.73 Å². The summed E-state index contributed by atoms with van der Waals surface area (Å²) in [5.41, 5.74) is 7.07. The van der Waals surface area contributed by atoms with Crippen LogP contribution in [0.5, 0.6) is 0 Å². The van der Waals surface area contributed by atoms with Gasteiger partial charge in [-0.2, -0.15) is 0 Å². The fourth-order valence-corrected chi connectivity index (χ4v) is 3.28. The molecule has 2 N–H and O–H groups in total. The van der Waals surface area contributed by atoms with Crippen LogP contribution in [-0.2, 0) is 0 Å². The van der Waals surface area contributed by atoms with Crippen molar-refractivity contribution in [1.82, 2.24) is 4.98 Å².